The first kappa shape index (κ1) is 13.1. The van der Waals surface area contributed by atoms with E-state index in [1.165, 1.54) is 0 Å². The summed E-state index contributed by atoms with van der Waals surface area (Å²) >= 11 is 0. The number of aliphatic hydroxyl groups is 1. The van der Waals surface area contributed by atoms with Crippen LogP contribution < -0.4 is 0 Å². The summed E-state index contributed by atoms with van der Waals surface area (Å²) in [4.78, 5) is 14.4. The zero-order valence-electron chi connectivity index (χ0n) is 12.3. The standard InChI is InChI=1S/C15H23NO3/c1-8(2)16-12(17)10-9-6-7-15(19-9,14(3,4)5)11(10)13(16)18/h6-12,17H,1-5H3. The third kappa shape index (κ3) is 1.39. The van der Waals surface area contributed by atoms with Crippen LogP contribution >= 0.6 is 0 Å². The molecule has 106 valence electrons. The summed E-state index contributed by atoms with van der Waals surface area (Å²) in [6, 6.07) is 0.0181. The molecule has 0 spiro atoms. The summed E-state index contributed by atoms with van der Waals surface area (Å²) in [5.74, 6) is -0.340. The highest BCUT2D eigenvalue weighted by atomic mass is 16.5. The third-order valence-electron chi connectivity index (χ3n) is 4.97. The molecule has 5 atom stereocenters. The van der Waals surface area contributed by atoms with Crippen molar-refractivity contribution in [2.45, 2.75) is 58.6 Å². The first-order chi connectivity index (χ1) is 8.71. The summed E-state index contributed by atoms with van der Waals surface area (Å²) in [7, 11) is 0. The normalized spacial score (nSPS) is 44.6. The van der Waals surface area contributed by atoms with Gasteiger partial charge < -0.3 is 14.7 Å². The monoisotopic (exact) mass is 265 g/mol. The molecule has 4 nitrogen and oxygen atoms in total. The lowest BCUT2D eigenvalue weighted by molar-refractivity contribution is -0.150. The quantitative estimate of drug-likeness (QED) is 0.732. The zero-order valence-corrected chi connectivity index (χ0v) is 12.3. The molecule has 0 aromatic carbocycles. The molecule has 0 radical (unpaired) electrons. The number of nitrogens with zero attached hydrogens (tertiary/aromatic N) is 1. The van der Waals surface area contributed by atoms with Gasteiger partial charge in [0.15, 0.2) is 0 Å². The molecule has 3 aliphatic rings. The van der Waals surface area contributed by atoms with E-state index in [1.54, 1.807) is 4.90 Å². The van der Waals surface area contributed by atoms with E-state index in [0.29, 0.717) is 0 Å². The minimum absolute atomic E-state index is 0.0181. The van der Waals surface area contributed by atoms with Crippen molar-refractivity contribution in [2.75, 3.05) is 0 Å². The maximum Gasteiger partial charge on any atom is 0.231 e. The Morgan fingerprint density at radius 3 is 2.58 bits per heavy atom. The maximum atomic E-state index is 12.7. The van der Waals surface area contributed by atoms with Crippen molar-refractivity contribution in [3.05, 3.63) is 12.2 Å². The number of carbonyl (C=O) groups is 1. The van der Waals surface area contributed by atoms with E-state index < -0.39 is 11.8 Å². The lowest BCUT2D eigenvalue weighted by atomic mass is 9.65. The summed E-state index contributed by atoms with van der Waals surface area (Å²) in [6.07, 6.45) is 3.21. The van der Waals surface area contributed by atoms with Crippen molar-refractivity contribution in [2.24, 2.45) is 17.3 Å². The van der Waals surface area contributed by atoms with E-state index in [0.717, 1.165) is 0 Å². The largest absolute Gasteiger partial charge is 0.373 e. The van der Waals surface area contributed by atoms with E-state index in [4.69, 9.17) is 4.74 Å². The second-order valence-corrected chi connectivity index (χ2v) is 7.29. The van der Waals surface area contributed by atoms with Crippen molar-refractivity contribution >= 4 is 5.91 Å². The fourth-order valence-corrected chi connectivity index (χ4v) is 4.02. The molecule has 1 amide bonds. The van der Waals surface area contributed by atoms with E-state index in [2.05, 4.69) is 20.8 Å². The molecule has 4 heteroatoms. The molecule has 2 fully saturated rings. The second-order valence-electron chi connectivity index (χ2n) is 7.29. The first-order valence-corrected chi connectivity index (χ1v) is 7.08. The predicted molar refractivity (Wildman–Crippen MR) is 71.2 cm³/mol. The molecule has 0 aromatic rings. The summed E-state index contributed by atoms with van der Waals surface area (Å²) in [5.41, 5.74) is -0.732. The molecule has 3 rings (SSSR count). The molecule has 2 bridgehead atoms. The minimum atomic E-state index is -0.725. The van der Waals surface area contributed by atoms with Crippen molar-refractivity contribution in [3.8, 4) is 0 Å². The highest BCUT2D eigenvalue weighted by Crippen LogP contribution is 2.59. The molecule has 3 aliphatic heterocycles. The number of fused-ring (bicyclic) bond motifs is 5. The van der Waals surface area contributed by atoms with Crippen LogP contribution in [0.5, 0.6) is 0 Å². The van der Waals surface area contributed by atoms with Gasteiger partial charge in [0, 0.05) is 12.0 Å². The number of rotatable bonds is 1. The van der Waals surface area contributed by atoms with E-state index >= 15 is 0 Å². The number of amides is 1. The van der Waals surface area contributed by atoms with Crippen LogP contribution in [0.2, 0.25) is 0 Å². The van der Waals surface area contributed by atoms with Gasteiger partial charge in [-0.05, 0) is 19.3 Å². The van der Waals surface area contributed by atoms with Crippen LogP contribution in [0.25, 0.3) is 0 Å². The Bertz CT molecular complexity index is 451. The molecular weight excluding hydrogens is 242 g/mol. The Balaban J connectivity index is 2.07. The van der Waals surface area contributed by atoms with Crippen LogP contribution in [-0.4, -0.2) is 39.9 Å². The Morgan fingerprint density at radius 1 is 1.42 bits per heavy atom. The summed E-state index contributed by atoms with van der Waals surface area (Å²) in [6.45, 7) is 10.2. The number of hydrogen-bond donors (Lipinski definition) is 1. The van der Waals surface area contributed by atoms with Gasteiger partial charge in [0.2, 0.25) is 5.91 Å². The fraction of sp³-hybridized carbons (Fsp3) is 0.800. The Hall–Kier alpha value is -0.870. The van der Waals surface area contributed by atoms with E-state index in [1.807, 2.05) is 26.0 Å². The van der Waals surface area contributed by atoms with Gasteiger partial charge >= 0.3 is 0 Å². The topological polar surface area (TPSA) is 49.8 Å². The van der Waals surface area contributed by atoms with Gasteiger partial charge in [-0.15, -0.1) is 0 Å². The Labute approximate surface area is 114 Å². The zero-order chi connectivity index (χ0) is 14.2. The smallest absolute Gasteiger partial charge is 0.231 e. The summed E-state index contributed by atoms with van der Waals surface area (Å²) < 4.78 is 6.14. The second kappa shape index (κ2) is 3.61. The van der Waals surface area contributed by atoms with E-state index in [-0.39, 0.29) is 35.3 Å². The van der Waals surface area contributed by atoms with Crippen molar-refractivity contribution in [1.82, 2.24) is 4.90 Å². The Kier molecular flexibility index (Phi) is 2.50. The lowest BCUT2D eigenvalue weighted by Gasteiger charge is -2.41. The lowest BCUT2D eigenvalue weighted by Crippen LogP contribution is -2.50. The highest BCUT2D eigenvalue weighted by Gasteiger charge is 2.70. The van der Waals surface area contributed by atoms with Gasteiger partial charge in [0.1, 0.15) is 11.8 Å². The fourth-order valence-electron chi connectivity index (χ4n) is 4.02. The van der Waals surface area contributed by atoms with Crippen LogP contribution in [0.1, 0.15) is 34.6 Å². The number of hydrogen-bond acceptors (Lipinski definition) is 3. The van der Waals surface area contributed by atoms with Crippen LogP contribution in [0.4, 0.5) is 0 Å². The molecule has 3 heterocycles. The first-order valence-electron chi connectivity index (χ1n) is 7.08. The van der Waals surface area contributed by atoms with Gasteiger partial charge in [0.25, 0.3) is 0 Å². The van der Waals surface area contributed by atoms with Crippen molar-refractivity contribution < 1.29 is 14.6 Å². The molecule has 0 aromatic heterocycles. The molecule has 5 unspecified atom stereocenters. The van der Waals surface area contributed by atoms with Gasteiger partial charge in [-0.2, -0.15) is 0 Å². The maximum absolute atomic E-state index is 12.7. The molecule has 2 saturated heterocycles. The number of carbonyl (C=O) groups excluding carboxylic acids is 1. The molecule has 19 heavy (non-hydrogen) atoms. The predicted octanol–water partition coefficient (Wildman–Crippen LogP) is 1.54. The van der Waals surface area contributed by atoms with Gasteiger partial charge in [-0.25, -0.2) is 0 Å². The van der Waals surface area contributed by atoms with Crippen LogP contribution in [-0.2, 0) is 9.53 Å². The number of likely N-dealkylation sites (tertiary alicyclic amines) is 1. The van der Waals surface area contributed by atoms with Gasteiger partial charge in [-0.1, -0.05) is 32.9 Å². The molecular formula is C15H23NO3. The van der Waals surface area contributed by atoms with Gasteiger partial charge in [-0.3, -0.25) is 4.79 Å². The van der Waals surface area contributed by atoms with Crippen molar-refractivity contribution in [3.63, 3.8) is 0 Å². The average molecular weight is 265 g/mol. The molecule has 1 N–H and O–H groups in total. The average Bonchev–Trinajstić information content (AvgIpc) is 2.88. The minimum Gasteiger partial charge on any atom is -0.373 e. The molecule has 0 aliphatic carbocycles. The SMILES string of the molecule is CC(C)N1C(=O)C2C(C3C=CC2(C(C)(C)C)O3)C1O. The van der Waals surface area contributed by atoms with Crippen LogP contribution in [0.3, 0.4) is 0 Å². The number of aliphatic hydroxyl groups excluding tert-OH is 1. The van der Waals surface area contributed by atoms with Crippen LogP contribution in [0, 0.1) is 17.3 Å². The summed E-state index contributed by atoms with van der Waals surface area (Å²) in [5, 5.41) is 10.5. The highest BCUT2D eigenvalue weighted by molar-refractivity contribution is 5.85. The Morgan fingerprint density at radius 2 is 2.05 bits per heavy atom. The van der Waals surface area contributed by atoms with Crippen LogP contribution in [0.15, 0.2) is 12.2 Å². The molecule has 0 saturated carbocycles. The third-order valence-corrected chi connectivity index (χ3v) is 4.97. The van der Waals surface area contributed by atoms with Gasteiger partial charge in [0.05, 0.1) is 12.0 Å². The number of ether oxygens (including phenoxy) is 1. The van der Waals surface area contributed by atoms with Crippen molar-refractivity contribution in [1.29, 1.82) is 0 Å². The van der Waals surface area contributed by atoms with E-state index in [9.17, 15) is 9.90 Å².